The summed E-state index contributed by atoms with van der Waals surface area (Å²) in [6.07, 6.45) is 3.21. The fraction of sp³-hybridized carbons (Fsp3) is 0.278. The lowest BCUT2D eigenvalue weighted by Gasteiger charge is -2.12. The smallest absolute Gasteiger partial charge is 0.223 e. The van der Waals surface area contributed by atoms with Crippen molar-refractivity contribution < 1.29 is 4.74 Å². The van der Waals surface area contributed by atoms with Crippen molar-refractivity contribution in [3.8, 4) is 17.1 Å². The summed E-state index contributed by atoms with van der Waals surface area (Å²) in [4.78, 5) is 13.9. The fourth-order valence-electron chi connectivity index (χ4n) is 3.20. The number of rotatable bonds is 2. The highest BCUT2D eigenvalue weighted by Gasteiger charge is 2.22. The van der Waals surface area contributed by atoms with Gasteiger partial charge in [-0.25, -0.2) is 15.0 Å². The van der Waals surface area contributed by atoms with Crippen LogP contribution in [0.15, 0.2) is 30.3 Å². The van der Waals surface area contributed by atoms with Crippen molar-refractivity contribution in [2.75, 3.05) is 7.11 Å². The molecule has 1 aliphatic carbocycles. The van der Waals surface area contributed by atoms with E-state index in [0.717, 1.165) is 47.2 Å². The highest BCUT2D eigenvalue weighted by molar-refractivity contribution is 5.86. The van der Waals surface area contributed by atoms with Gasteiger partial charge in [0.1, 0.15) is 5.82 Å². The Bertz CT molecular complexity index is 874. The van der Waals surface area contributed by atoms with E-state index in [9.17, 15) is 0 Å². The molecule has 0 fully saturated rings. The lowest BCUT2D eigenvalue weighted by molar-refractivity contribution is 0.401. The summed E-state index contributed by atoms with van der Waals surface area (Å²) in [6.45, 7) is 1.95. The SMILES string of the molecule is COc1nc2ccccc2cc1-c1nc(C)nc2c1CCC2. The molecule has 0 spiro atoms. The summed E-state index contributed by atoms with van der Waals surface area (Å²) in [5, 5.41) is 1.10. The lowest BCUT2D eigenvalue weighted by Crippen LogP contribution is -2.02. The third-order valence-corrected chi connectivity index (χ3v) is 4.18. The second-order valence-electron chi connectivity index (χ2n) is 5.64. The molecule has 110 valence electrons. The van der Waals surface area contributed by atoms with Crippen LogP contribution >= 0.6 is 0 Å². The topological polar surface area (TPSA) is 47.9 Å². The first-order valence-corrected chi connectivity index (χ1v) is 7.57. The first-order valence-electron chi connectivity index (χ1n) is 7.57. The summed E-state index contributed by atoms with van der Waals surface area (Å²) in [5.74, 6) is 1.44. The van der Waals surface area contributed by atoms with Gasteiger partial charge in [-0.15, -0.1) is 0 Å². The normalized spacial score (nSPS) is 13.4. The summed E-state index contributed by atoms with van der Waals surface area (Å²) < 4.78 is 5.54. The molecule has 2 aromatic heterocycles. The third kappa shape index (κ3) is 2.03. The number of aryl methyl sites for hydroxylation is 2. The largest absolute Gasteiger partial charge is 0.480 e. The molecule has 0 aliphatic heterocycles. The molecule has 0 atom stereocenters. The zero-order valence-corrected chi connectivity index (χ0v) is 12.8. The molecule has 0 unspecified atom stereocenters. The predicted molar refractivity (Wildman–Crippen MR) is 86.1 cm³/mol. The Labute approximate surface area is 129 Å². The fourth-order valence-corrected chi connectivity index (χ4v) is 3.20. The van der Waals surface area contributed by atoms with Gasteiger partial charge in [-0.3, -0.25) is 0 Å². The van der Waals surface area contributed by atoms with Crippen LogP contribution in [0.25, 0.3) is 22.2 Å². The summed E-state index contributed by atoms with van der Waals surface area (Å²) in [6, 6.07) is 10.2. The molecule has 0 amide bonds. The average Bonchev–Trinajstić information content (AvgIpc) is 3.01. The number of para-hydroxylation sites is 1. The van der Waals surface area contributed by atoms with Gasteiger partial charge in [-0.2, -0.15) is 0 Å². The monoisotopic (exact) mass is 291 g/mol. The summed E-state index contributed by atoms with van der Waals surface area (Å²) in [7, 11) is 1.66. The summed E-state index contributed by atoms with van der Waals surface area (Å²) in [5.41, 5.74) is 5.31. The Morgan fingerprint density at radius 2 is 1.91 bits per heavy atom. The maximum absolute atomic E-state index is 5.54. The van der Waals surface area contributed by atoms with Gasteiger partial charge in [-0.1, -0.05) is 18.2 Å². The quantitative estimate of drug-likeness (QED) is 0.725. The number of nitrogens with zero attached hydrogens (tertiary/aromatic N) is 3. The molecule has 0 saturated heterocycles. The van der Waals surface area contributed by atoms with Crippen LogP contribution in [0.1, 0.15) is 23.5 Å². The van der Waals surface area contributed by atoms with Gasteiger partial charge in [0.25, 0.3) is 0 Å². The minimum Gasteiger partial charge on any atom is -0.480 e. The molecule has 4 nitrogen and oxygen atoms in total. The van der Waals surface area contributed by atoms with Crippen LogP contribution in [0.4, 0.5) is 0 Å². The van der Waals surface area contributed by atoms with E-state index < -0.39 is 0 Å². The zero-order valence-electron chi connectivity index (χ0n) is 12.8. The number of benzene rings is 1. The highest BCUT2D eigenvalue weighted by Crippen LogP contribution is 2.36. The predicted octanol–water partition coefficient (Wildman–Crippen LogP) is 3.50. The van der Waals surface area contributed by atoms with Crippen molar-refractivity contribution in [3.05, 3.63) is 47.4 Å². The molecule has 0 saturated carbocycles. The number of pyridine rings is 1. The molecule has 4 heteroatoms. The highest BCUT2D eigenvalue weighted by atomic mass is 16.5. The minimum atomic E-state index is 0.630. The number of aromatic nitrogens is 3. The van der Waals surface area contributed by atoms with Gasteiger partial charge in [0.05, 0.1) is 23.9 Å². The van der Waals surface area contributed by atoms with E-state index in [2.05, 4.69) is 22.1 Å². The van der Waals surface area contributed by atoms with Crippen molar-refractivity contribution >= 4 is 10.9 Å². The van der Waals surface area contributed by atoms with Crippen molar-refractivity contribution in [1.82, 2.24) is 15.0 Å². The second kappa shape index (κ2) is 5.05. The van der Waals surface area contributed by atoms with Crippen LogP contribution in [0.3, 0.4) is 0 Å². The van der Waals surface area contributed by atoms with E-state index >= 15 is 0 Å². The Morgan fingerprint density at radius 3 is 2.77 bits per heavy atom. The van der Waals surface area contributed by atoms with E-state index in [4.69, 9.17) is 9.72 Å². The molecule has 1 aliphatic rings. The standard InChI is InChI=1S/C18H17N3O/c1-11-19-16-9-5-7-13(16)17(20-11)14-10-12-6-3-4-8-15(12)21-18(14)22-2/h3-4,6,8,10H,5,7,9H2,1-2H3. The molecular formula is C18H17N3O. The van der Waals surface area contributed by atoms with Crippen molar-refractivity contribution in [2.45, 2.75) is 26.2 Å². The maximum Gasteiger partial charge on any atom is 0.223 e. The van der Waals surface area contributed by atoms with Crippen molar-refractivity contribution in [1.29, 1.82) is 0 Å². The minimum absolute atomic E-state index is 0.630. The lowest BCUT2D eigenvalue weighted by atomic mass is 10.0. The molecular weight excluding hydrogens is 274 g/mol. The van der Waals surface area contributed by atoms with E-state index in [1.165, 1.54) is 11.3 Å². The van der Waals surface area contributed by atoms with Crippen LogP contribution < -0.4 is 4.74 Å². The number of hydrogen-bond acceptors (Lipinski definition) is 4. The number of fused-ring (bicyclic) bond motifs is 2. The van der Waals surface area contributed by atoms with E-state index in [1.807, 2.05) is 25.1 Å². The first kappa shape index (κ1) is 13.2. The Morgan fingerprint density at radius 1 is 1.05 bits per heavy atom. The van der Waals surface area contributed by atoms with E-state index in [1.54, 1.807) is 7.11 Å². The number of ether oxygens (including phenoxy) is 1. The molecule has 3 aromatic rings. The molecule has 4 rings (SSSR count). The molecule has 0 bridgehead atoms. The first-order chi connectivity index (χ1) is 10.8. The molecule has 0 N–H and O–H groups in total. The Hall–Kier alpha value is -2.49. The Balaban J connectivity index is 2.02. The summed E-state index contributed by atoms with van der Waals surface area (Å²) >= 11 is 0. The molecule has 2 heterocycles. The van der Waals surface area contributed by atoms with Gasteiger partial charge in [0.2, 0.25) is 5.88 Å². The van der Waals surface area contributed by atoms with Crippen LogP contribution in [0.2, 0.25) is 0 Å². The van der Waals surface area contributed by atoms with Crippen LogP contribution in [0.5, 0.6) is 5.88 Å². The third-order valence-electron chi connectivity index (χ3n) is 4.18. The van der Waals surface area contributed by atoms with E-state index in [-0.39, 0.29) is 0 Å². The van der Waals surface area contributed by atoms with Crippen molar-refractivity contribution in [2.24, 2.45) is 0 Å². The van der Waals surface area contributed by atoms with Gasteiger partial charge in [0, 0.05) is 16.6 Å². The van der Waals surface area contributed by atoms with Crippen LogP contribution in [-0.2, 0) is 12.8 Å². The maximum atomic E-state index is 5.54. The molecule has 22 heavy (non-hydrogen) atoms. The van der Waals surface area contributed by atoms with Crippen LogP contribution in [-0.4, -0.2) is 22.1 Å². The van der Waals surface area contributed by atoms with E-state index in [0.29, 0.717) is 5.88 Å². The van der Waals surface area contributed by atoms with Crippen molar-refractivity contribution in [3.63, 3.8) is 0 Å². The molecule has 0 radical (unpaired) electrons. The average molecular weight is 291 g/mol. The van der Waals surface area contributed by atoms with Crippen LogP contribution in [0, 0.1) is 6.92 Å². The van der Waals surface area contributed by atoms with Gasteiger partial charge < -0.3 is 4.74 Å². The second-order valence-corrected chi connectivity index (χ2v) is 5.64. The van der Waals surface area contributed by atoms with Gasteiger partial charge in [-0.05, 0) is 38.3 Å². The number of methoxy groups -OCH3 is 1. The van der Waals surface area contributed by atoms with Gasteiger partial charge >= 0.3 is 0 Å². The zero-order chi connectivity index (χ0) is 15.1. The molecule has 1 aromatic carbocycles. The van der Waals surface area contributed by atoms with Gasteiger partial charge in [0.15, 0.2) is 0 Å². The Kier molecular flexibility index (Phi) is 3.03. The number of hydrogen-bond donors (Lipinski definition) is 0.